The Hall–Kier alpha value is -0.160. The molecule has 17 heavy (non-hydrogen) atoms. The zero-order valence-corrected chi connectivity index (χ0v) is 11.3. The summed E-state index contributed by atoms with van der Waals surface area (Å²) in [6, 6.07) is 0. The van der Waals surface area contributed by atoms with Crippen LogP contribution in [0.3, 0.4) is 0 Å². The van der Waals surface area contributed by atoms with Crippen molar-refractivity contribution in [1.82, 2.24) is 5.32 Å². The highest BCUT2D eigenvalue weighted by atomic mass is 16.5. The molecule has 1 aliphatic carbocycles. The molecule has 3 unspecified atom stereocenters. The molecular formula is C13H27NO3. The molecule has 4 nitrogen and oxygen atoms in total. The van der Waals surface area contributed by atoms with Gasteiger partial charge in [0, 0.05) is 6.54 Å². The minimum absolute atomic E-state index is 0.115. The normalized spacial score (nSPS) is 27.4. The van der Waals surface area contributed by atoms with Gasteiger partial charge in [0.1, 0.15) is 0 Å². The van der Waals surface area contributed by atoms with Crippen molar-refractivity contribution in [1.29, 1.82) is 0 Å². The lowest BCUT2D eigenvalue weighted by molar-refractivity contribution is -0.0479. The molecule has 0 aromatic rings. The lowest BCUT2D eigenvalue weighted by Gasteiger charge is -2.22. The molecule has 1 saturated carbocycles. The summed E-state index contributed by atoms with van der Waals surface area (Å²) in [6.45, 7) is 7.74. The minimum atomic E-state index is -0.458. The summed E-state index contributed by atoms with van der Waals surface area (Å²) in [5.41, 5.74) is -0.198. The third-order valence-electron chi connectivity index (χ3n) is 3.04. The predicted octanol–water partition coefficient (Wildman–Crippen LogP) is 0.913. The molecule has 0 aliphatic heterocycles. The van der Waals surface area contributed by atoms with E-state index < -0.39 is 6.10 Å². The smallest absolute Gasteiger partial charge is 0.0897 e. The van der Waals surface area contributed by atoms with Crippen LogP contribution < -0.4 is 5.32 Å². The van der Waals surface area contributed by atoms with Crippen molar-refractivity contribution in [2.45, 2.75) is 57.8 Å². The summed E-state index contributed by atoms with van der Waals surface area (Å²) < 4.78 is 5.50. The first kappa shape index (κ1) is 14.9. The highest BCUT2D eigenvalue weighted by Crippen LogP contribution is 2.24. The molecule has 3 N–H and O–H groups in total. The first-order chi connectivity index (χ1) is 7.87. The Morgan fingerprint density at radius 1 is 1.35 bits per heavy atom. The molecule has 0 heterocycles. The maximum Gasteiger partial charge on any atom is 0.0897 e. The second kappa shape index (κ2) is 6.69. The molecule has 0 saturated heterocycles. The monoisotopic (exact) mass is 245 g/mol. The van der Waals surface area contributed by atoms with Gasteiger partial charge in [0.15, 0.2) is 0 Å². The lowest BCUT2D eigenvalue weighted by Crippen LogP contribution is -2.35. The highest BCUT2D eigenvalue weighted by molar-refractivity contribution is 4.76. The van der Waals surface area contributed by atoms with E-state index in [2.05, 4.69) is 5.32 Å². The van der Waals surface area contributed by atoms with Gasteiger partial charge in [-0.2, -0.15) is 0 Å². The summed E-state index contributed by atoms with van der Waals surface area (Å²) in [4.78, 5) is 0. The topological polar surface area (TPSA) is 61.7 Å². The van der Waals surface area contributed by atoms with Gasteiger partial charge < -0.3 is 20.3 Å². The third-order valence-corrected chi connectivity index (χ3v) is 3.04. The number of aliphatic hydroxyl groups is 2. The number of hydrogen-bond donors (Lipinski definition) is 3. The van der Waals surface area contributed by atoms with Crippen LogP contribution in [0.4, 0.5) is 0 Å². The predicted molar refractivity (Wildman–Crippen MR) is 67.9 cm³/mol. The maximum absolute atomic E-state index is 9.70. The maximum atomic E-state index is 9.70. The molecule has 1 aliphatic rings. The van der Waals surface area contributed by atoms with Gasteiger partial charge in [0.2, 0.25) is 0 Å². The largest absolute Gasteiger partial charge is 0.393 e. The Morgan fingerprint density at radius 3 is 2.59 bits per heavy atom. The Labute approximate surface area is 104 Å². The molecule has 3 atom stereocenters. The number of hydrogen-bond acceptors (Lipinski definition) is 4. The second-order valence-corrected chi connectivity index (χ2v) is 6.07. The van der Waals surface area contributed by atoms with E-state index in [9.17, 15) is 10.2 Å². The first-order valence-corrected chi connectivity index (χ1v) is 6.57. The Morgan fingerprint density at radius 2 is 2.06 bits per heavy atom. The fraction of sp³-hybridized carbons (Fsp3) is 1.00. The van der Waals surface area contributed by atoms with E-state index in [1.165, 1.54) is 0 Å². The van der Waals surface area contributed by atoms with Gasteiger partial charge >= 0.3 is 0 Å². The van der Waals surface area contributed by atoms with Crippen molar-refractivity contribution in [2.75, 3.05) is 19.7 Å². The van der Waals surface area contributed by atoms with Crippen molar-refractivity contribution in [2.24, 2.45) is 5.92 Å². The van der Waals surface area contributed by atoms with Gasteiger partial charge in [-0.25, -0.2) is 0 Å². The Bertz CT molecular complexity index is 215. The van der Waals surface area contributed by atoms with Gasteiger partial charge in [0.05, 0.1) is 24.4 Å². The average molecular weight is 245 g/mol. The fourth-order valence-electron chi connectivity index (χ4n) is 2.09. The molecule has 102 valence electrons. The summed E-state index contributed by atoms with van der Waals surface area (Å²) in [5, 5.41) is 22.3. The summed E-state index contributed by atoms with van der Waals surface area (Å²) in [7, 11) is 0. The quantitative estimate of drug-likeness (QED) is 0.651. The molecule has 0 aromatic heterocycles. The van der Waals surface area contributed by atoms with Crippen LogP contribution in [-0.4, -0.2) is 47.7 Å². The molecular weight excluding hydrogens is 218 g/mol. The summed E-state index contributed by atoms with van der Waals surface area (Å²) in [6.07, 6.45) is 2.32. The zero-order valence-electron chi connectivity index (χ0n) is 11.3. The van der Waals surface area contributed by atoms with E-state index in [1.54, 1.807) is 0 Å². The van der Waals surface area contributed by atoms with Crippen molar-refractivity contribution in [3.8, 4) is 0 Å². The van der Waals surface area contributed by atoms with Crippen LogP contribution in [0, 0.1) is 5.92 Å². The van der Waals surface area contributed by atoms with E-state index in [-0.39, 0.29) is 11.7 Å². The molecule has 4 heteroatoms. The van der Waals surface area contributed by atoms with E-state index in [4.69, 9.17) is 4.74 Å². The molecule has 0 bridgehead atoms. The van der Waals surface area contributed by atoms with Crippen LogP contribution >= 0.6 is 0 Å². The van der Waals surface area contributed by atoms with Crippen molar-refractivity contribution in [3.63, 3.8) is 0 Å². The van der Waals surface area contributed by atoms with Crippen LogP contribution in [-0.2, 0) is 4.74 Å². The number of aliphatic hydroxyl groups excluding tert-OH is 2. The van der Waals surface area contributed by atoms with Crippen LogP contribution in [0.1, 0.15) is 40.0 Å². The molecule has 1 rings (SSSR count). The number of nitrogens with one attached hydrogen (secondary N) is 1. The molecule has 0 aromatic carbocycles. The molecule has 1 fully saturated rings. The number of ether oxygens (including phenoxy) is 1. The molecule has 0 radical (unpaired) electrons. The Kier molecular flexibility index (Phi) is 5.86. The Balaban J connectivity index is 2.02. The van der Waals surface area contributed by atoms with E-state index in [1.807, 2.05) is 20.8 Å². The van der Waals surface area contributed by atoms with Gasteiger partial charge in [-0.05, 0) is 52.5 Å². The van der Waals surface area contributed by atoms with Gasteiger partial charge in [-0.3, -0.25) is 0 Å². The fourth-order valence-corrected chi connectivity index (χ4v) is 2.09. The van der Waals surface area contributed by atoms with E-state index in [0.717, 1.165) is 25.8 Å². The summed E-state index contributed by atoms with van der Waals surface area (Å²) in [5.74, 6) is 0.556. The van der Waals surface area contributed by atoms with Gasteiger partial charge in [-0.15, -0.1) is 0 Å². The van der Waals surface area contributed by atoms with Crippen molar-refractivity contribution in [3.05, 3.63) is 0 Å². The standard InChI is InChI=1S/C13H27NO3/c1-13(2,3)17-9-12(16)8-14-7-10-4-5-11(15)6-10/h10-12,14-16H,4-9H2,1-3H3. The lowest BCUT2D eigenvalue weighted by atomic mass is 10.1. The van der Waals surface area contributed by atoms with Crippen LogP contribution in [0.25, 0.3) is 0 Å². The first-order valence-electron chi connectivity index (χ1n) is 6.57. The van der Waals surface area contributed by atoms with Gasteiger partial charge in [0.25, 0.3) is 0 Å². The second-order valence-electron chi connectivity index (χ2n) is 6.07. The van der Waals surface area contributed by atoms with Gasteiger partial charge in [-0.1, -0.05) is 0 Å². The molecule has 0 amide bonds. The van der Waals surface area contributed by atoms with E-state index in [0.29, 0.717) is 19.1 Å². The molecule has 0 spiro atoms. The van der Waals surface area contributed by atoms with Crippen LogP contribution in [0.5, 0.6) is 0 Å². The third kappa shape index (κ3) is 6.99. The highest BCUT2D eigenvalue weighted by Gasteiger charge is 2.22. The summed E-state index contributed by atoms with van der Waals surface area (Å²) >= 11 is 0. The zero-order chi connectivity index (χ0) is 12.9. The SMILES string of the molecule is CC(C)(C)OCC(O)CNCC1CCC(O)C1. The van der Waals surface area contributed by atoms with Crippen molar-refractivity contribution < 1.29 is 14.9 Å². The minimum Gasteiger partial charge on any atom is -0.393 e. The number of rotatable bonds is 6. The van der Waals surface area contributed by atoms with Crippen LogP contribution in [0.2, 0.25) is 0 Å². The van der Waals surface area contributed by atoms with Crippen LogP contribution in [0.15, 0.2) is 0 Å². The van der Waals surface area contributed by atoms with E-state index >= 15 is 0 Å². The van der Waals surface area contributed by atoms with Crippen molar-refractivity contribution >= 4 is 0 Å². The average Bonchev–Trinajstić information content (AvgIpc) is 2.60.